The Morgan fingerprint density at radius 2 is 2.17 bits per heavy atom. The summed E-state index contributed by atoms with van der Waals surface area (Å²) in [6, 6.07) is 5.44. The molecule has 1 N–H and O–H groups in total. The third-order valence-corrected chi connectivity index (χ3v) is 4.54. The number of benzene rings is 1. The number of methoxy groups -OCH3 is 1. The number of carbonyl (C=O) groups excluding carboxylic acids is 2. The number of fused-ring (bicyclic) bond motifs is 3. The zero-order chi connectivity index (χ0) is 17.3. The molecule has 2 aliphatic rings. The summed E-state index contributed by atoms with van der Waals surface area (Å²) in [6.07, 6.45) is -0.0414. The van der Waals surface area contributed by atoms with E-state index < -0.39 is 5.97 Å². The number of carbonyl (C=O) groups is 2. The Labute approximate surface area is 139 Å². The Balaban J connectivity index is 1.83. The van der Waals surface area contributed by atoms with Crippen LogP contribution in [-0.4, -0.2) is 49.6 Å². The molecule has 0 aromatic heterocycles. The largest absolute Gasteiger partial charge is 0.485 e. The van der Waals surface area contributed by atoms with Crippen molar-refractivity contribution in [3.63, 3.8) is 0 Å². The van der Waals surface area contributed by atoms with E-state index in [1.54, 1.807) is 6.07 Å². The van der Waals surface area contributed by atoms with Crippen molar-refractivity contribution in [2.24, 2.45) is 5.92 Å². The average molecular weight is 336 g/mol. The lowest BCUT2D eigenvalue weighted by Gasteiger charge is -2.21. The van der Waals surface area contributed by atoms with E-state index in [-0.39, 0.29) is 43.2 Å². The van der Waals surface area contributed by atoms with Gasteiger partial charge in [0, 0.05) is 30.7 Å². The molecule has 7 nitrogen and oxygen atoms in total. The first-order chi connectivity index (χ1) is 11.5. The minimum Gasteiger partial charge on any atom is -0.485 e. The van der Waals surface area contributed by atoms with Crippen LogP contribution in [0.4, 0.5) is 0 Å². The average Bonchev–Trinajstić information content (AvgIpc) is 3.07. The molecule has 4 atom stereocenters. The van der Waals surface area contributed by atoms with E-state index in [1.807, 2.05) is 12.1 Å². The normalized spacial score (nSPS) is 27.0. The fourth-order valence-corrected chi connectivity index (χ4v) is 3.57. The molecule has 1 saturated carbocycles. The molecule has 0 radical (unpaired) electrons. The maximum atomic E-state index is 11.3. The number of esters is 2. The van der Waals surface area contributed by atoms with Gasteiger partial charge in [-0.05, 0) is 6.07 Å². The second-order valence-electron chi connectivity index (χ2n) is 5.95. The molecule has 0 bridgehead atoms. The molecule has 1 fully saturated rings. The molecule has 3 rings (SSSR count). The summed E-state index contributed by atoms with van der Waals surface area (Å²) in [4.78, 5) is 22.5. The number of hydrogen-bond acceptors (Lipinski definition) is 7. The number of ether oxygens (including phenoxy) is 4. The number of hydrogen-bond donors (Lipinski definition) is 1. The van der Waals surface area contributed by atoms with Crippen LogP contribution in [0.5, 0.6) is 11.5 Å². The van der Waals surface area contributed by atoms with Crippen molar-refractivity contribution < 1.29 is 33.6 Å². The monoisotopic (exact) mass is 336 g/mol. The maximum Gasteiger partial charge on any atom is 0.343 e. The zero-order valence-electron chi connectivity index (χ0n) is 13.6. The summed E-state index contributed by atoms with van der Waals surface area (Å²) in [5.41, 5.74) is 0.899. The standard InChI is InChI=1S/C17H20O7/c1-9(19)23-13-6-14-16(11(13)7-18)10-4-3-5-12(17(10)24-14)22-8-15(20)21-2/h3-5,11,13-14,16,18H,6-8H2,1-2H3. The van der Waals surface area contributed by atoms with E-state index in [0.717, 1.165) is 5.56 Å². The van der Waals surface area contributed by atoms with Crippen LogP contribution in [0.3, 0.4) is 0 Å². The van der Waals surface area contributed by atoms with Crippen molar-refractivity contribution >= 4 is 11.9 Å². The Morgan fingerprint density at radius 3 is 2.83 bits per heavy atom. The van der Waals surface area contributed by atoms with Crippen molar-refractivity contribution in [2.45, 2.75) is 31.5 Å². The first-order valence-corrected chi connectivity index (χ1v) is 7.82. The van der Waals surface area contributed by atoms with Crippen LogP contribution in [0, 0.1) is 5.92 Å². The van der Waals surface area contributed by atoms with Crippen LogP contribution in [0.25, 0.3) is 0 Å². The summed E-state index contributed by atoms with van der Waals surface area (Å²) in [6.45, 7) is 1.05. The predicted molar refractivity (Wildman–Crippen MR) is 81.9 cm³/mol. The third-order valence-electron chi connectivity index (χ3n) is 4.54. The molecular weight excluding hydrogens is 316 g/mol. The summed E-state index contributed by atoms with van der Waals surface area (Å²) in [5.74, 6) is -0.0982. The van der Waals surface area contributed by atoms with Crippen molar-refractivity contribution in [1.82, 2.24) is 0 Å². The van der Waals surface area contributed by atoms with E-state index in [4.69, 9.17) is 14.2 Å². The number of aliphatic hydroxyl groups excluding tert-OH is 1. The van der Waals surface area contributed by atoms with Gasteiger partial charge in [-0.3, -0.25) is 4.79 Å². The van der Waals surface area contributed by atoms with Gasteiger partial charge in [-0.1, -0.05) is 12.1 Å². The van der Waals surface area contributed by atoms with Gasteiger partial charge in [0.15, 0.2) is 18.1 Å². The SMILES string of the molecule is COC(=O)COc1cccc2c1OC1CC(OC(C)=O)C(CO)C21. The summed E-state index contributed by atoms with van der Waals surface area (Å²) < 4.78 is 21.4. The molecule has 0 amide bonds. The molecule has 4 unspecified atom stereocenters. The first kappa shape index (κ1) is 16.6. The highest BCUT2D eigenvalue weighted by atomic mass is 16.6. The van der Waals surface area contributed by atoms with Gasteiger partial charge in [0.1, 0.15) is 12.2 Å². The van der Waals surface area contributed by atoms with Gasteiger partial charge in [0.05, 0.1) is 13.7 Å². The van der Waals surface area contributed by atoms with Crippen LogP contribution in [0.2, 0.25) is 0 Å². The molecule has 24 heavy (non-hydrogen) atoms. The highest BCUT2D eigenvalue weighted by Gasteiger charge is 2.51. The predicted octanol–water partition coefficient (Wildman–Crippen LogP) is 1.03. The molecule has 7 heteroatoms. The smallest absolute Gasteiger partial charge is 0.343 e. The molecular formula is C17H20O7. The lowest BCUT2D eigenvalue weighted by atomic mass is 9.88. The van der Waals surface area contributed by atoms with Gasteiger partial charge in [-0.15, -0.1) is 0 Å². The van der Waals surface area contributed by atoms with Crippen molar-refractivity contribution in [3.05, 3.63) is 23.8 Å². The fraction of sp³-hybridized carbons (Fsp3) is 0.529. The maximum absolute atomic E-state index is 11.3. The Bertz CT molecular complexity index is 642. The highest BCUT2D eigenvalue weighted by Crippen LogP contribution is 2.53. The van der Waals surface area contributed by atoms with Gasteiger partial charge in [0.2, 0.25) is 0 Å². The molecule has 1 aromatic rings. The van der Waals surface area contributed by atoms with E-state index in [1.165, 1.54) is 14.0 Å². The second-order valence-corrected chi connectivity index (χ2v) is 5.95. The molecule has 1 aliphatic heterocycles. The minimum absolute atomic E-state index is 0.0731. The number of aliphatic hydroxyl groups is 1. The first-order valence-electron chi connectivity index (χ1n) is 7.82. The van der Waals surface area contributed by atoms with Crippen LogP contribution < -0.4 is 9.47 Å². The molecule has 1 aliphatic carbocycles. The topological polar surface area (TPSA) is 91.3 Å². The molecule has 0 saturated heterocycles. The van der Waals surface area contributed by atoms with Crippen molar-refractivity contribution in [1.29, 1.82) is 0 Å². The molecule has 0 spiro atoms. The van der Waals surface area contributed by atoms with Crippen LogP contribution in [0.15, 0.2) is 18.2 Å². The van der Waals surface area contributed by atoms with Crippen LogP contribution in [-0.2, 0) is 19.1 Å². The Kier molecular flexibility index (Phi) is 4.62. The van der Waals surface area contributed by atoms with Crippen molar-refractivity contribution in [2.75, 3.05) is 20.3 Å². The third kappa shape index (κ3) is 2.91. The van der Waals surface area contributed by atoms with Gasteiger partial charge < -0.3 is 24.1 Å². The van der Waals surface area contributed by atoms with E-state index in [0.29, 0.717) is 17.9 Å². The highest BCUT2D eigenvalue weighted by molar-refractivity contribution is 5.71. The number of para-hydroxylation sites is 1. The van der Waals surface area contributed by atoms with Gasteiger partial charge >= 0.3 is 11.9 Å². The minimum atomic E-state index is -0.478. The molecule has 1 aromatic carbocycles. The van der Waals surface area contributed by atoms with E-state index >= 15 is 0 Å². The summed E-state index contributed by atoms with van der Waals surface area (Å²) >= 11 is 0. The lowest BCUT2D eigenvalue weighted by molar-refractivity contribution is -0.149. The summed E-state index contributed by atoms with van der Waals surface area (Å²) in [7, 11) is 1.29. The zero-order valence-corrected chi connectivity index (χ0v) is 13.6. The van der Waals surface area contributed by atoms with Gasteiger partial charge in [-0.25, -0.2) is 4.79 Å². The van der Waals surface area contributed by atoms with Gasteiger partial charge in [-0.2, -0.15) is 0 Å². The lowest BCUT2D eigenvalue weighted by Crippen LogP contribution is -2.26. The van der Waals surface area contributed by atoms with E-state index in [2.05, 4.69) is 4.74 Å². The molecule has 130 valence electrons. The van der Waals surface area contributed by atoms with Crippen LogP contribution >= 0.6 is 0 Å². The summed E-state index contributed by atoms with van der Waals surface area (Å²) in [5, 5.41) is 9.76. The Morgan fingerprint density at radius 1 is 1.38 bits per heavy atom. The van der Waals surface area contributed by atoms with Crippen LogP contribution in [0.1, 0.15) is 24.8 Å². The van der Waals surface area contributed by atoms with E-state index in [9.17, 15) is 14.7 Å². The van der Waals surface area contributed by atoms with Gasteiger partial charge in [0.25, 0.3) is 0 Å². The fourth-order valence-electron chi connectivity index (χ4n) is 3.57. The second kappa shape index (κ2) is 6.68. The van der Waals surface area contributed by atoms with Crippen molar-refractivity contribution in [3.8, 4) is 11.5 Å². The quantitative estimate of drug-likeness (QED) is 0.803. The Hall–Kier alpha value is -2.28. The number of rotatable bonds is 5. The molecule has 1 heterocycles.